The Hall–Kier alpha value is -2.16. The highest BCUT2D eigenvalue weighted by Crippen LogP contribution is 2.28. The van der Waals surface area contributed by atoms with Gasteiger partial charge in [0, 0.05) is 0 Å². The van der Waals surface area contributed by atoms with Crippen LogP contribution in [0.2, 0.25) is 4.34 Å². The Kier molecular flexibility index (Phi) is 5.75. The van der Waals surface area contributed by atoms with Gasteiger partial charge in [0.1, 0.15) is 17.8 Å². The maximum atomic E-state index is 12.5. The van der Waals surface area contributed by atoms with Crippen LogP contribution in [-0.4, -0.2) is 30.2 Å². The second-order valence-corrected chi connectivity index (χ2v) is 7.83. The molecule has 0 spiro atoms. The van der Waals surface area contributed by atoms with Crippen molar-refractivity contribution in [3.63, 3.8) is 0 Å². The van der Waals surface area contributed by atoms with Crippen molar-refractivity contribution in [2.45, 2.75) is 13.5 Å². The number of amides is 1. The number of methoxy groups -OCH3 is 1. The van der Waals surface area contributed by atoms with Crippen molar-refractivity contribution in [1.29, 1.82) is 0 Å². The molecule has 0 atom stereocenters. The van der Waals surface area contributed by atoms with Gasteiger partial charge in [-0.15, -0.1) is 11.3 Å². The van der Waals surface area contributed by atoms with E-state index in [0.717, 1.165) is 16.0 Å². The van der Waals surface area contributed by atoms with Crippen molar-refractivity contribution in [3.8, 4) is 5.75 Å². The second kappa shape index (κ2) is 8.03. The molecule has 6 nitrogen and oxygen atoms in total. The number of rotatable bonds is 5. The molecule has 136 valence electrons. The van der Waals surface area contributed by atoms with Gasteiger partial charge in [-0.05, 0) is 31.2 Å². The predicted molar refractivity (Wildman–Crippen MR) is 102 cm³/mol. The number of fused-ring (bicyclic) bond motifs is 1. The molecule has 0 N–H and O–H groups in total. The average molecular weight is 411 g/mol. The van der Waals surface area contributed by atoms with E-state index in [0.29, 0.717) is 31.9 Å². The van der Waals surface area contributed by atoms with Crippen LogP contribution in [0.15, 0.2) is 35.3 Å². The Balaban J connectivity index is 2.18. The molecule has 26 heavy (non-hydrogen) atoms. The highest BCUT2D eigenvalue weighted by atomic mass is 35.5. The first-order chi connectivity index (χ1) is 12.5. The van der Waals surface area contributed by atoms with E-state index in [4.69, 9.17) is 21.1 Å². The van der Waals surface area contributed by atoms with Gasteiger partial charge in [-0.3, -0.25) is 9.59 Å². The molecule has 0 saturated carbocycles. The molecule has 0 unspecified atom stereocenters. The lowest BCUT2D eigenvalue weighted by Crippen LogP contribution is -2.22. The molecule has 2 heterocycles. The number of ether oxygens (including phenoxy) is 2. The molecule has 1 amide bonds. The minimum Gasteiger partial charge on any atom is -0.492 e. The lowest BCUT2D eigenvalue weighted by atomic mass is 10.3. The van der Waals surface area contributed by atoms with E-state index in [1.165, 1.54) is 18.4 Å². The SMILES string of the molecule is CCOc1cccc2sc(=NC(=O)c3ccc(Cl)s3)n(CC(=O)OC)c12. The van der Waals surface area contributed by atoms with E-state index in [1.54, 1.807) is 16.7 Å². The summed E-state index contributed by atoms with van der Waals surface area (Å²) >= 11 is 8.35. The van der Waals surface area contributed by atoms with E-state index in [-0.39, 0.29) is 6.54 Å². The monoisotopic (exact) mass is 410 g/mol. The van der Waals surface area contributed by atoms with Gasteiger partial charge in [-0.25, -0.2) is 0 Å². The summed E-state index contributed by atoms with van der Waals surface area (Å²) in [5.74, 6) is -0.229. The van der Waals surface area contributed by atoms with Crippen LogP contribution in [0.25, 0.3) is 10.2 Å². The number of thiazole rings is 1. The molecule has 3 rings (SSSR count). The van der Waals surface area contributed by atoms with Crippen molar-refractivity contribution < 1.29 is 19.1 Å². The summed E-state index contributed by atoms with van der Waals surface area (Å²) in [7, 11) is 1.32. The number of aromatic nitrogens is 1. The van der Waals surface area contributed by atoms with Gasteiger partial charge in [-0.1, -0.05) is 29.0 Å². The molecule has 1 aromatic carbocycles. The van der Waals surface area contributed by atoms with Crippen molar-refractivity contribution in [1.82, 2.24) is 4.57 Å². The molecule has 0 aliphatic rings. The standard InChI is InChI=1S/C17H15ClN2O4S2/c1-3-24-10-5-4-6-11-15(10)20(9-14(21)23-2)17(26-11)19-16(22)12-7-8-13(18)25-12/h4-8H,3,9H2,1-2H3. The van der Waals surface area contributed by atoms with Crippen LogP contribution in [0.5, 0.6) is 5.75 Å². The van der Waals surface area contributed by atoms with Crippen LogP contribution in [-0.2, 0) is 16.1 Å². The van der Waals surface area contributed by atoms with E-state index in [9.17, 15) is 9.59 Å². The Morgan fingerprint density at radius 3 is 2.69 bits per heavy atom. The van der Waals surface area contributed by atoms with Gasteiger partial charge in [0.15, 0.2) is 4.80 Å². The zero-order valence-corrected chi connectivity index (χ0v) is 16.4. The number of nitrogens with zero attached hydrogens (tertiary/aromatic N) is 2. The van der Waals surface area contributed by atoms with Crippen molar-refractivity contribution >= 4 is 56.4 Å². The number of carbonyl (C=O) groups is 2. The van der Waals surface area contributed by atoms with Gasteiger partial charge in [-0.2, -0.15) is 4.99 Å². The Labute approximate surface area is 162 Å². The van der Waals surface area contributed by atoms with Crippen molar-refractivity contribution in [2.75, 3.05) is 13.7 Å². The average Bonchev–Trinajstić information content (AvgIpc) is 3.20. The maximum absolute atomic E-state index is 12.5. The van der Waals surface area contributed by atoms with Gasteiger partial charge in [0.05, 0.1) is 27.6 Å². The first kappa shape index (κ1) is 18.6. The van der Waals surface area contributed by atoms with Gasteiger partial charge < -0.3 is 14.0 Å². The van der Waals surface area contributed by atoms with Gasteiger partial charge in [0.25, 0.3) is 5.91 Å². The van der Waals surface area contributed by atoms with Crippen LogP contribution < -0.4 is 9.54 Å². The summed E-state index contributed by atoms with van der Waals surface area (Å²) < 4.78 is 13.5. The molecule has 9 heteroatoms. The van der Waals surface area contributed by atoms with E-state index in [1.807, 2.05) is 25.1 Å². The lowest BCUT2D eigenvalue weighted by molar-refractivity contribution is -0.141. The Morgan fingerprint density at radius 2 is 2.04 bits per heavy atom. The summed E-state index contributed by atoms with van der Waals surface area (Å²) in [6.45, 7) is 2.29. The molecule has 0 saturated heterocycles. The third-order valence-corrected chi connectivity index (χ3v) is 5.72. The molecule has 0 bridgehead atoms. The first-order valence-electron chi connectivity index (χ1n) is 7.69. The maximum Gasteiger partial charge on any atom is 0.325 e. The normalized spacial score (nSPS) is 11.7. The molecule has 0 radical (unpaired) electrons. The number of hydrogen-bond acceptors (Lipinski definition) is 6. The lowest BCUT2D eigenvalue weighted by Gasteiger charge is -2.08. The van der Waals surface area contributed by atoms with Crippen LogP contribution in [0.3, 0.4) is 0 Å². The molecule has 2 aromatic heterocycles. The zero-order chi connectivity index (χ0) is 18.7. The molecule has 0 fully saturated rings. The number of thiophene rings is 1. The third-order valence-electron chi connectivity index (χ3n) is 3.46. The number of carbonyl (C=O) groups excluding carboxylic acids is 2. The van der Waals surface area contributed by atoms with Gasteiger partial charge in [0.2, 0.25) is 0 Å². The summed E-state index contributed by atoms with van der Waals surface area (Å²) in [4.78, 5) is 29.4. The van der Waals surface area contributed by atoms with Gasteiger partial charge >= 0.3 is 5.97 Å². The number of hydrogen-bond donors (Lipinski definition) is 0. The second-order valence-electron chi connectivity index (χ2n) is 5.10. The smallest absolute Gasteiger partial charge is 0.325 e. The van der Waals surface area contributed by atoms with Crippen LogP contribution in [0.1, 0.15) is 16.6 Å². The quantitative estimate of drug-likeness (QED) is 0.601. The number of esters is 1. The minimum absolute atomic E-state index is 0.0715. The van der Waals surface area contributed by atoms with E-state index >= 15 is 0 Å². The molecule has 3 aromatic rings. The van der Waals surface area contributed by atoms with E-state index < -0.39 is 11.9 Å². The number of halogens is 1. The molecule has 0 aliphatic heterocycles. The minimum atomic E-state index is -0.441. The summed E-state index contributed by atoms with van der Waals surface area (Å²) in [5, 5.41) is 0. The highest BCUT2D eigenvalue weighted by Gasteiger charge is 2.16. The fraction of sp³-hybridized carbons (Fsp3) is 0.235. The Morgan fingerprint density at radius 1 is 1.23 bits per heavy atom. The summed E-state index contributed by atoms with van der Waals surface area (Å²) in [6.07, 6.45) is 0. The molecular weight excluding hydrogens is 396 g/mol. The highest BCUT2D eigenvalue weighted by molar-refractivity contribution is 7.18. The third kappa shape index (κ3) is 3.82. The van der Waals surface area contributed by atoms with Crippen LogP contribution in [0, 0.1) is 0 Å². The largest absolute Gasteiger partial charge is 0.492 e. The molecule has 0 aliphatic carbocycles. The van der Waals surface area contributed by atoms with Crippen LogP contribution in [0.4, 0.5) is 0 Å². The fourth-order valence-corrected chi connectivity index (χ4v) is 4.34. The summed E-state index contributed by atoms with van der Waals surface area (Å²) in [6, 6.07) is 8.84. The topological polar surface area (TPSA) is 69.9 Å². The Bertz CT molecular complexity index is 1030. The first-order valence-corrected chi connectivity index (χ1v) is 9.71. The summed E-state index contributed by atoms with van der Waals surface area (Å²) in [5.41, 5.74) is 0.709. The zero-order valence-electron chi connectivity index (χ0n) is 14.0. The predicted octanol–water partition coefficient (Wildman–Crippen LogP) is 3.73. The number of para-hydroxylation sites is 1. The number of benzene rings is 1. The van der Waals surface area contributed by atoms with Crippen molar-refractivity contribution in [3.05, 3.63) is 44.3 Å². The fourth-order valence-electron chi connectivity index (χ4n) is 2.37. The van der Waals surface area contributed by atoms with Crippen LogP contribution >= 0.6 is 34.3 Å². The molecular formula is C17H15ClN2O4S2. The van der Waals surface area contributed by atoms with E-state index in [2.05, 4.69) is 4.99 Å². The van der Waals surface area contributed by atoms with Crippen molar-refractivity contribution in [2.24, 2.45) is 4.99 Å².